The SMILES string of the molecule is CCc1nc(C(=O)N[C@H]2COc3ccc(C#CC4(O)CCCCC4)cc3N(C)C2=O)n[nH]1. The minimum absolute atomic E-state index is 0.0161. The number of aromatic amines is 1. The van der Waals surface area contributed by atoms with Crippen molar-refractivity contribution in [2.75, 3.05) is 18.6 Å². The van der Waals surface area contributed by atoms with Crippen LogP contribution in [-0.2, 0) is 11.2 Å². The molecule has 0 saturated heterocycles. The number of benzene rings is 1. The van der Waals surface area contributed by atoms with Gasteiger partial charge in [-0.2, -0.15) is 0 Å². The number of hydrogen-bond donors (Lipinski definition) is 3. The zero-order chi connectivity index (χ0) is 22.7. The second-order valence-corrected chi connectivity index (χ2v) is 8.22. The summed E-state index contributed by atoms with van der Waals surface area (Å²) in [5.41, 5.74) is 0.290. The maximum Gasteiger partial charge on any atom is 0.291 e. The fraction of sp³-hybridized carbons (Fsp3) is 0.478. The number of ether oxygens (including phenoxy) is 1. The molecule has 4 rings (SSSR count). The lowest BCUT2D eigenvalue weighted by molar-refractivity contribution is -0.120. The van der Waals surface area contributed by atoms with Gasteiger partial charge in [-0.15, -0.1) is 5.10 Å². The topological polar surface area (TPSA) is 120 Å². The van der Waals surface area contributed by atoms with E-state index < -0.39 is 17.6 Å². The van der Waals surface area contributed by atoms with Gasteiger partial charge in [0.05, 0.1) is 5.69 Å². The monoisotopic (exact) mass is 437 g/mol. The molecule has 168 valence electrons. The van der Waals surface area contributed by atoms with E-state index >= 15 is 0 Å². The number of aliphatic hydroxyl groups is 1. The summed E-state index contributed by atoms with van der Waals surface area (Å²) in [7, 11) is 1.63. The Kier molecular flexibility index (Phi) is 6.15. The number of hydrogen-bond acceptors (Lipinski definition) is 6. The first kappa shape index (κ1) is 21.8. The smallest absolute Gasteiger partial charge is 0.291 e. The van der Waals surface area contributed by atoms with E-state index in [4.69, 9.17) is 4.74 Å². The molecule has 1 aromatic heterocycles. The van der Waals surface area contributed by atoms with Crippen molar-refractivity contribution in [2.45, 2.75) is 57.1 Å². The third-order valence-corrected chi connectivity index (χ3v) is 5.85. The predicted octanol–water partition coefficient (Wildman–Crippen LogP) is 1.57. The normalized spacial score (nSPS) is 19.8. The number of nitrogens with one attached hydrogen (secondary N) is 2. The van der Waals surface area contributed by atoms with Gasteiger partial charge in [-0.25, -0.2) is 4.98 Å². The number of H-pyrrole nitrogens is 1. The van der Waals surface area contributed by atoms with Crippen molar-refractivity contribution in [2.24, 2.45) is 0 Å². The molecule has 0 spiro atoms. The molecule has 0 unspecified atom stereocenters. The molecule has 1 fully saturated rings. The van der Waals surface area contributed by atoms with E-state index in [2.05, 4.69) is 32.3 Å². The van der Waals surface area contributed by atoms with Gasteiger partial charge in [-0.3, -0.25) is 14.7 Å². The quantitative estimate of drug-likeness (QED) is 0.627. The molecule has 2 heterocycles. The van der Waals surface area contributed by atoms with Crippen LogP contribution in [0.2, 0.25) is 0 Å². The molecule has 1 aromatic carbocycles. The highest BCUT2D eigenvalue weighted by molar-refractivity contribution is 6.02. The zero-order valence-corrected chi connectivity index (χ0v) is 18.3. The maximum absolute atomic E-state index is 13.0. The number of rotatable bonds is 3. The van der Waals surface area contributed by atoms with Gasteiger partial charge in [0, 0.05) is 19.0 Å². The molecular weight excluding hydrogens is 410 g/mol. The van der Waals surface area contributed by atoms with E-state index in [-0.39, 0.29) is 18.3 Å². The maximum atomic E-state index is 13.0. The first-order valence-electron chi connectivity index (χ1n) is 10.9. The number of amides is 2. The largest absolute Gasteiger partial charge is 0.489 e. The fourth-order valence-electron chi connectivity index (χ4n) is 3.91. The zero-order valence-electron chi connectivity index (χ0n) is 18.3. The minimum atomic E-state index is -0.948. The second-order valence-electron chi connectivity index (χ2n) is 8.22. The van der Waals surface area contributed by atoms with E-state index in [9.17, 15) is 14.7 Å². The Morgan fingerprint density at radius 2 is 2.16 bits per heavy atom. The molecule has 2 amide bonds. The van der Waals surface area contributed by atoms with Crippen molar-refractivity contribution < 1.29 is 19.4 Å². The van der Waals surface area contributed by atoms with Gasteiger partial charge in [0.15, 0.2) is 0 Å². The summed E-state index contributed by atoms with van der Waals surface area (Å²) in [5, 5.41) is 19.8. The molecule has 32 heavy (non-hydrogen) atoms. The number of fused-ring (bicyclic) bond motifs is 1. The Morgan fingerprint density at radius 3 is 2.88 bits per heavy atom. The van der Waals surface area contributed by atoms with Crippen molar-refractivity contribution in [3.63, 3.8) is 0 Å². The molecule has 9 nitrogen and oxygen atoms in total. The van der Waals surface area contributed by atoms with Crippen LogP contribution in [0.4, 0.5) is 5.69 Å². The Labute approximate surface area is 186 Å². The van der Waals surface area contributed by atoms with E-state index in [1.54, 1.807) is 25.2 Å². The van der Waals surface area contributed by atoms with Crippen LogP contribution < -0.4 is 15.0 Å². The van der Waals surface area contributed by atoms with E-state index in [0.29, 0.717) is 42.1 Å². The first-order chi connectivity index (χ1) is 15.4. The summed E-state index contributed by atoms with van der Waals surface area (Å²) >= 11 is 0. The fourth-order valence-corrected chi connectivity index (χ4v) is 3.91. The number of carbonyl (C=O) groups is 2. The van der Waals surface area contributed by atoms with Gasteiger partial charge in [0.25, 0.3) is 11.8 Å². The van der Waals surface area contributed by atoms with E-state index in [0.717, 1.165) is 19.3 Å². The minimum Gasteiger partial charge on any atom is -0.489 e. The Hall–Kier alpha value is -3.38. The standard InChI is InChI=1S/C23H27N5O4/c1-3-19-25-20(27-26-19)21(29)24-16-14-32-18-8-7-15(13-17(18)28(2)22(16)30)9-12-23(31)10-5-4-6-11-23/h7-8,13,16,31H,3-6,10-11,14H2,1-2H3,(H,24,29)(H,25,26,27)/t16-/m0/s1. The van der Waals surface area contributed by atoms with Crippen LogP contribution in [0.1, 0.15) is 61.0 Å². The Bertz CT molecular complexity index is 1080. The molecule has 0 radical (unpaired) electrons. The molecule has 1 aliphatic heterocycles. The van der Waals surface area contributed by atoms with Crippen molar-refractivity contribution in [1.29, 1.82) is 0 Å². The number of aryl methyl sites for hydroxylation is 1. The summed E-state index contributed by atoms with van der Waals surface area (Å²) < 4.78 is 5.81. The summed E-state index contributed by atoms with van der Waals surface area (Å²) in [5.74, 6) is 6.29. The van der Waals surface area contributed by atoms with Gasteiger partial charge < -0.3 is 20.1 Å². The lowest BCUT2D eigenvalue weighted by Crippen LogP contribution is -2.49. The molecule has 1 saturated carbocycles. The molecular formula is C23H27N5O4. The predicted molar refractivity (Wildman–Crippen MR) is 117 cm³/mol. The summed E-state index contributed by atoms with van der Waals surface area (Å²) in [6.07, 6.45) is 5.05. The molecule has 1 aliphatic carbocycles. The average molecular weight is 438 g/mol. The van der Waals surface area contributed by atoms with Crippen molar-refractivity contribution in [3.05, 3.63) is 35.4 Å². The molecule has 0 bridgehead atoms. The van der Waals surface area contributed by atoms with Crippen LogP contribution >= 0.6 is 0 Å². The molecule has 2 aromatic rings. The summed E-state index contributed by atoms with van der Waals surface area (Å²) in [6.45, 7) is 1.88. The van der Waals surface area contributed by atoms with Crippen molar-refractivity contribution in [3.8, 4) is 17.6 Å². The van der Waals surface area contributed by atoms with Gasteiger partial charge in [-0.05, 0) is 43.9 Å². The van der Waals surface area contributed by atoms with Crippen LogP contribution in [0, 0.1) is 11.8 Å². The van der Waals surface area contributed by atoms with Gasteiger partial charge in [0.1, 0.15) is 29.8 Å². The highest BCUT2D eigenvalue weighted by Gasteiger charge is 2.32. The van der Waals surface area contributed by atoms with Crippen LogP contribution in [0.3, 0.4) is 0 Å². The molecule has 9 heteroatoms. The van der Waals surface area contributed by atoms with E-state index in [1.807, 2.05) is 6.92 Å². The number of likely N-dealkylation sites (N-methyl/N-ethyl adjacent to an activating group) is 1. The Morgan fingerprint density at radius 1 is 1.38 bits per heavy atom. The summed E-state index contributed by atoms with van der Waals surface area (Å²) in [6, 6.07) is 4.43. The number of anilines is 1. The number of nitrogens with zero attached hydrogens (tertiary/aromatic N) is 3. The third-order valence-electron chi connectivity index (χ3n) is 5.85. The van der Waals surface area contributed by atoms with E-state index in [1.165, 1.54) is 4.90 Å². The highest BCUT2D eigenvalue weighted by atomic mass is 16.5. The lowest BCUT2D eigenvalue weighted by Gasteiger charge is -2.26. The highest BCUT2D eigenvalue weighted by Crippen LogP contribution is 2.32. The molecule has 2 aliphatic rings. The molecule has 3 N–H and O–H groups in total. The van der Waals surface area contributed by atoms with Gasteiger partial charge in [0.2, 0.25) is 5.82 Å². The number of aromatic nitrogens is 3. The Balaban J connectivity index is 1.50. The summed E-state index contributed by atoms with van der Waals surface area (Å²) in [4.78, 5) is 31.0. The van der Waals surface area contributed by atoms with Crippen molar-refractivity contribution >= 4 is 17.5 Å². The van der Waals surface area contributed by atoms with Crippen molar-refractivity contribution in [1.82, 2.24) is 20.5 Å². The lowest BCUT2D eigenvalue weighted by atomic mass is 9.85. The van der Waals surface area contributed by atoms with Crippen LogP contribution in [0.25, 0.3) is 0 Å². The third kappa shape index (κ3) is 4.60. The van der Waals surface area contributed by atoms with Gasteiger partial charge >= 0.3 is 0 Å². The molecule has 1 atom stereocenters. The second kappa shape index (κ2) is 9.01. The van der Waals surface area contributed by atoms with Crippen LogP contribution in [0.5, 0.6) is 5.75 Å². The number of carbonyl (C=O) groups excluding carboxylic acids is 2. The van der Waals surface area contributed by atoms with Crippen LogP contribution in [-0.4, -0.2) is 57.4 Å². The van der Waals surface area contributed by atoms with Crippen LogP contribution in [0.15, 0.2) is 18.2 Å². The average Bonchev–Trinajstić information content (AvgIpc) is 3.26. The first-order valence-corrected chi connectivity index (χ1v) is 10.9. The van der Waals surface area contributed by atoms with Gasteiger partial charge in [-0.1, -0.05) is 25.2 Å².